The summed E-state index contributed by atoms with van der Waals surface area (Å²) < 4.78 is 22.9. The molecular weight excluding hydrogens is 246 g/mol. The zero-order valence-corrected chi connectivity index (χ0v) is 10.4. The predicted molar refractivity (Wildman–Crippen MR) is 62.6 cm³/mol. The van der Waals surface area contributed by atoms with Crippen LogP contribution in [0.2, 0.25) is 0 Å². The Labute approximate surface area is 98.6 Å². The second-order valence-electron chi connectivity index (χ2n) is 4.10. The van der Waals surface area contributed by atoms with E-state index in [1.54, 1.807) is 6.20 Å². The van der Waals surface area contributed by atoms with Gasteiger partial charge in [0.2, 0.25) is 0 Å². The first-order chi connectivity index (χ1) is 7.59. The Bertz CT molecular complexity index is 478. The lowest BCUT2D eigenvalue weighted by Crippen LogP contribution is -2.26. The third kappa shape index (κ3) is 2.89. The van der Waals surface area contributed by atoms with Crippen molar-refractivity contribution >= 4 is 27.5 Å². The lowest BCUT2D eigenvalue weighted by molar-refractivity contribution is 0.112. The van der Waals surface area contributed by atoms with Crippen molar-refractivity contribution in [3.8, 4) is 0 Å². The summed E-state index contributed by atoms with van der Waals surface area (Å²) in [5.41, 5.74) is 0. The molecule has 0 spiro atoms. The summed E-state index contributed by atoms with van der Waals surface area (Å²) in [6.07, 6.45) is 4.69. The van der Waals surface area contributed by atoms with Crippen LogP contribution in [0.25, 0.3) is 0 Å². The molecule has 2 heterocycles. The van der Waals surface area contributed by atoms with Crippen molar-refractivity contribution in [1.29, 1.82) is 0 Å². The molecule has 0 aliphatic carbocycles. The second-order valence-corrected chi connectivity index (χ2v) is 7.48. The van der Waals surface area contributed by atoms with Crippen LogP contribution in [0.1, 0.15) is 27.5 Å². The van der Waals surface area contributed by atoms with E-state index >= 15 is 0 Å². The Morgan fingerprint density at radius 3 is 3.00 bits per heavy atom. The van der Waals surface area contributed by atoms with E-state index in [1.807, 2.05) is 0 Å². The van der Waals surface area contributed by atoms with Gasteiger partial charge in [-0.2, -0.15) is 0 Å². The molecule has 1 aromatic heterocycles. The van der Waals surface area contributed by atoms with Crippen molar-refractivity contribution in [2.24, 2.45) is 5.92 Å². The molecule has 4 nitrogen and oxygen atoms in total. The Balaban J connectivity index is 2.01. The molecule has 6 heteroatoms. The molecule has 1 aromatic rings. The summed E-state index contributed by atoms with van der Waals surface area (Å²) in [5.74, 6) is 0.758. The topological polar surface area (TPSA) is 64.1 Å². The summed E-state index contributed by atoms with van der Waals surface area (Å²) in [5, 5.41) is 0.865. The Morgan fingerprint density at radius 1 is 1.56 bits per heavy atom. The number of rotatable bonds is 3. The first kappa shape index (κ1) is 11.7. The lowest BCUT2D eigenvalue weighted by atomic mass is 10.0. The van der Waals surface area contributed by atoms with Gasteiger partial charge in [-0.3, -0.25) is 4.79 Å². The molecule has 1 aliphatic rings. The summed E-state index contributed by atoms with van der Waals surface area (Å²) in [6, 6.07) is 0. The standard InChI is InChI=1S/C10H13NO3S2/c12-6-9-5-11-10(15-9)4-8-2-1-3-16(13,14)7-8/h5-6,8H,1-4,7H2. The summed E-state index contributed by atoms with van der Waals surface area (Å²) in [6.45, 7) is 0. The van der Waals surface area contributed by atoms with Crippen molar-refractivity contribution < 1.29 is 13.2 Å². The number of carbonyl (C=O) groups is 1. The molecule has 16 heavy (non-hydrogen) atoms. The Hall–Kier alpha value is -0.750. The van der Waals surface area contributed by atoms with Gasteiger partial charge in [0.1, 0.15) is 0 Å². The number of carbonyl (C=O) groups excluding carboxylic acids is 1. The van der Waals surface area contributed by atoms with Crippen molar-refractivity contribution in [2.45, 2.75) is 19.3 Å². The lowest BCUT2D eigenvalue weighted by Gasteiger charge is -2.20. The summed E-state index contributed by atoms with van der Waals surface area (Å²) >= 11 is 1.35. The molecule has 88 valence electrons. The van der Waals surface area contributed by atoms with Crippen LogP contribution >= 0.6 is 11.3 Å². The molecule has 2 rings (SSSR count). The number of aldehydes is 1. The van der Waals surface area contributed by atoms with Gasteiger partial charge in [0.05, 0.1) is 21.4 Å². The maximum Gasteiger partial charge on any atom is 0.161 e. The zero-order valence-electron chi connectivity index (χ0n) is 8.76. The predicted octanol–water partition coefficient (Wildman–Crippen LogP) is 1.32. The fourth-order valence-corrected chi connectivity index (χ4v) is 4.62. The van der Waals surface area contributed by atoms with Gasteiger partial charge in [-0.25, -0.2) is 13.4 Å². The van der Waals surface area contributed by atoms with Crippen LogP contribution in [0.15, 0.2) is 6.20 Å². The van der Waals surface area contributed by atoms with E-state index in [0.29, 0.717) is 17.1 Å². The van der Waals surface area contributed by atoms with Crippen molar-refractivity contribution in [3.63, 3.8) is 0 Å². The highest BCUT2D eigenvalue weighted by atomic mass is 32.2. The third-order valence-electron chi connectivity index (χ3n) is 2.71. The number of hydrogen-bond donors (Lipinski definition) is 0. The van der Waals surface area contributed by atoms with Crippen LogP contribution in [0.3, 0.4) is 0 Å². The van der Waals surface area contributed by atoms with Gasteiger partial charge >= 0.3 is 0 Å². The van der Waals surface area contributed by atoms with Crippen LogP contribution < -0.4 is 0 Å². The van der Waals surface area contributed by atoms with Crippen molar-refractivity contribution in [2.75, 3.05) is 11.5 Å². The number of hydrogen-bond acceptors (Lipinski definition) is 5. The number of aromatic nitrogens is 1. The minimum Gasteiger partial charge on any atom is -0.297 e. The van der Waals surface area contributed by atoms with E-state index in [-0.39, 0.29) is 11.7 Å². The van der Waals surface area contributed by atoms with Gasteiger partial charge in [0, 0.05) is 12.6 Å². The average Bonchev–Trinajstić information content (AvgIpc) is 2.64. The Morgan fingerprint density at radius 2 is 2.38 bits per heavy atom. The van der Waals surface area contributed by atoms with Gasteiger partial charge < -0.3 is 0 Å². The van der Waals surface area contributed by atoms with Gasteiger partial charge in [0.25, 0.3) is 0 Å². The van der Waals surface area contributed by atoms with E-state index in [1.165, 1.54) is 11.3 Å². The van der Waals surface area contributed by atoms with Gasteiger partial charge in [-0.1, -0.05) is 0 Å². The molecule has 0 bridgehead atoms. The van der Waals surface area contributed by atoms with Crippen molar-refractivity contribution in [3.05, 3.63) is 16.1 Å². The highest BCUT2D eigenvalue weighted by Gasteiger charge is 2.25. The molecule has 0 saturated carbocycles. The molecule has 0 radical (unpaired) electrons. The summed E-state index contributed by atoms with van der Waals surface area (Å²) in [4.78, 5) is 15.2. The fourth-order valence-electron chi connectivity index (χ4n) is 2.00. The Kier molecular flexibility index (Phi) is 3.39. The van der Waals surface area contributed by atoms with Gasteiger partial charge in [-0.15, -0.1) is 11.3 Å². The molecule has 1 saturated heterocycles. The summed E-state index contributed by atoms with van der Waals surface area (Å²) in [7, 11) is -2.84. The highest BCUT2D eigenvalue weighted by Crippen LogP contribution is 2.24. The third-order valence-corrected chi connectivity index (χ3v) is 5.54. The van der Waals surface area contributed by atoms with E-state index in [0.717, 1.165) is 24.1 Å². The second kappa shape index (κ2) is 4.63. The number of nitrogens with zero attached hydrogens (tertiary/aromatic N) is 1. The van der Waals surface area contributed by atoms with Crippen LogP contribution in [0.5, 0.6) is 0 Å². The maximum atomic E-state index is 11.4. The van der Waals surface area contributed by atoms with E-state index in [9.17, 15) is 13.2 Å². The monoisotopic (exact) mass is 259 g/mol. The van der Waals surface area contributed by atoms with Crippen LogP contribution in [-0.2, 0) is 16.3 Å². The molecule has 0 aromatic carbocycles. The molecule has 0 amide bonds. The minimum absolute atomic E-state index is 0.171. The van der Waals surface area contributed by atoms with Crippen molar-refractivity contribution in [1.82, 2.24) is 4.98 Å². The molecule has 0 N–H and O–H groups in total. The van der Waals surface area contributed by atoms with E-state index in [4.69, 9.17) is 0 Å². The molecule has 1 fully saturated rings. The molecule has 1 unspecified atom stereocenters. The quantitative estimate of drug-likeness (QED) is 0.768. The SMILES string of the molecule is O=Cc1cnc(CC2CCCS(=O)(=O)C2)s1. The smallest absolute Gasteiger partial charge is 0.161 e. The molecular formula is C10H13NO3S2. The van der Waals surface area contributed by atoms with Crippen LogP contribution in [0, 0.1) is 5.92 Å². The van der Waals surface area contributed by atoms with Crippen LogP contribution in [0.4, 0.5) is 0 Å². The molecule has 1 aliphatic heterocycles. The maximum absolute atomic E-state index is 11.4. The van der Waals surface area contributed by atoms with Crippen LogP contribution in [-0.4, -0.2) is 31.2 Å². The van der Waals surface area contributed by atoms with E-state index in [2.05, 4.69) is 4.98 Å². The normalized spacial score (nSPS) is 24.1. The fraction of sp³-hybridized carbons (Fsp3) is 0.600. The first-order valence-corrected chi connectivity index (χ1v) is 7.83. The average molecular weight is 259 g/mol. The van der Waals surface area contributed by atoms with Gasteiger partial charge in [0.15, 0.2) is 16.1 Å². The van der Waals surface area contributed by atoms with Gasteiger partial charge in [-0.05, 0) is 18.8 Å². The highest BCUT2D eigenvalue weighted by molar-refractivity contribution is 7.91. The minimum atomic E-state index is -2.84. The first-order valence-electron chi connectivity index (χ1n) is 5.19. The molecule has 1 atom stereocenters. The number of sulfone groups is 1. The largest absolute Gasteiger partial charge is 0.297 e. The zero-order chi connectivity index (χ0) is 11.6. The number of thiazole rings is 1. The van der Waals surface area contributed by atoms with E-state index < -0.39 is 9.84 Å².